The van der Waals surface area contributed by atoms with Crippen LogP contribution in [-0.4, -0.2) is 22.4 Å². The number of nitrogens with one attached hydrogen (secondary N) is 2. The minimum atomic E-state index is -4.80. The summed E-state index contributed by atoms with van der Waals surface area (Å²) < 4.78 is 57.0. The van der Waals surface area contributed by atoms with Crippen molar-refractivity contribution in [1.29, 1.82) is 0 Å². The van der Waals surface area contributed by atoms with Crippen molar-refractivity contribution in [3.8, 4) is 17.0 Å². The Morgan fingerprint density at radius 1 is 0.970 bits per heavy atom. The lowest BCUT2D eigenvalue weighted by Crippen LogP contribution is -2.23. The second-order valence-corrected chi connectivity index (χ2v) is 8.68. The third-order valence-electron chi connectivity index (χ3n) is 5.22. The molecule has 1 saturated carbocycles. The second kappa shape index (κ2) is 9.94. The van der Waals surface area contributed by atoms with E-state index in [2.05, 4.69) is 41.3 Å². The Kier molecular flexibility index (Phi) is 7.02. The number of anilines is 3. The number of halogens is 5. The van der Waals surface area contributed by atoms with Crippen molar-refractivity contribution in [3.05, 3.63) is 58.8 Å². The summed E-state index contributed by atoms with van der Waals surface area (Å²) in [6.45, 7) is 0. The van der Waals surface area contributed by atoms with Crippen LogP contribution in [0.3, 0.4) is 0 Å². The average Bonchev–Trinajstić information content (AvgIpc) is 2.75. The number of hydrogen-bond acceptors (Lipinski definition) is 5. The second-order valence-electron chi connectivity index (χ2n) is 7.77. The summed E-state index contributed by atoms with van der Waals surface area (Å²) in [5.41, 5.74) is 0.988. The number of aromatic nitrogens is 2. The quantitative estimate of drug-likeness (QED) is 0.328. The van der Waals surface area contributed by atoms with Gasteiger partial charge in [-0.2, -0.15) is 4.98 Å². The minimum absolute atomic E-state index is 0.200. The van der Waals surface area contributed by atoms with Crippen LogP contribution in [-0.2, 0) is 0 Å². The first kappa shape index (κ1) is 23.3. The van der Waals surface area contributed by atoms with Crippen LogP contribution in [0.2, 0.25) is 0 Å². The van der Waals surface area contributed by atoms with Crippen LogP contribution in [0, 0.1) is 5.82 Å². The standard InChI is InChI=1S/C23H21BrF4N4O/c24-15-9-10-19(18(25)12-15)30-21-13-20(14-5-4-8-17(11-14)33-23(26,27)28)31-22(32-21)29-16-6-2-1-3-7-16/h4-5,8-13,16H,1-3,6-7H2,(H2,29,30,31,32). The maximum absolute atomic E-state index is 14.4. The van der Waals surface area contributed by atoms with Crippen LogP contribution in [0.1, 0.15) is 32.1 Å². The van der Waals surface area contributed by atoms with Gasteiger partial charge in [0.25, 0.3) is 0 Å². The molecule has 10 heteroatoms. The zero-order chi connectivity index (χ0) is 23.4. The van der Waals surface area contributed by atoms with Gasteiger partial charge in [0.2, 0.25) is 5.95 Å². The molecule has 33 heavy (non-hydrogen) atoms. The Morgan fingerprint density at radius 3 is 2.48 bits per heavy atom. The molecule has 0 aliphatic heterocycles. The van der Waals surface area contributed by atoms with Gasteiger partial charge in [-0.1, -0.05) is 47.3 Å². The number of ether oxygens (including phenoxy) is 1. The van der Waals surface area contributed by atoms with Gasteiger partial charge in [-0.15, -0.1) is 13.2 Å². The zero-order valence-electron chi connectivity index (χ0n) is 17.4. The molecule has 0 unspecified atom stereocenters. The number of nitrogens with zero attached hydrogens (tertiary/aromatic N) is 2. The van der Waals surface area contributed by atoms with Crippen molar-refractivity contribution < 1.29 is 22.3 Å². The number of hydrogen-bond donors (Lipinski definition) is 2. The summed E-state index contributed by atoms with van der Waals surface area (Å²) in [5.74, 6) is -0.205. The van der Waals surface area contributed by atoms with Crippen LogP contribution >= 0.6 is 15.9 Å². The molecule has 0 saturated heterocycles. The van der Waals surface area contributed by atoms with E-state index in [0.29, 0.717) is 27.5 Å². The highest BCUT2D eigenvalue weighted by molar-refractivity contribution is 9.10. The maximum Gasteiger partial charge on any atom is 0.573 e. The van der Waals surface area contributed by atoms with E-state index in [1.54, 1.807) is 24.3 Å². The summed E-state index contributed by atoms with van der Waals surface area (Å²) in [6.07, 6.45) is 0.538. The van der Waals surface area contributed by atoms with Crippen LogP contribution in [0.15, 0.2) is 53.0 Å². The molecule has 0 amide bonds. The Labute approximate surface area is 196 Å². The molecular weight excluding hydrogens is 504 g/mol. The van der Waals surface area contributed by atoms with Crippen LogP contribution < -0.4 is 15.4 Å². The molecule has 0 radical (unpaired) electrons. The first-order valence-corrected chi connectivity index (χ1v) is 11.3. The molecule has 1 aromatic heterocycles. The van der Waals surface area contributed by atoms with Gasteiger partial charge in [-0.25, -0.2) is 9.37 Å². The fraction of sp³-hybridized carbons (Fsp3) is 0.304. The number of benzene rings is 2. The van der Waals surface area contributed by atoms with Gasteiger partial charge < -0.3 is 15.4 Å². The lowest BCUT2D eigenvalue weighted by Gasteiger charge is -2.23. The summed E-state index contributed by atoms with van der Waals surface area (Å²) in [6, 6.07) is 11.9. The maximum atomic E-state index is 14.4. The minimum Gasteiger partial charge on any atom is -0.406 e. The summed E-state index contributed by atoms with van der Waals surface area (Å²) in [7, 11) is 0. The summed E-state index contributed by atoms with van der Waals surface area (Å²) in [4.78, 5) is 8.98. The Balaban J connectivity index is 1.68. The predicted octanol–water partition coefficient (Wildman–Crippen LogP) is 7.43. The highest BCUT2D eigenvalue weighted by Crippen LogP contribution is 2.31. The topological polar surface area (TPSA) is 59.1 Å². The summed E-state index contributed by atoms with van der Waals surface area (Å²) >= 11 is 3.22. The normalized spacial score (nSPS) is 14.7. The van der Waals surface area contributed by atoms with E-state index < -0.39 is 12.2 Å². The van der Waals surface area contributed by atoms with Crippen molar-refractivity contribution in [2.45, 2.75) is 44.5 Å². The molecule has 2 N–H and O–H groups in total. The Bertz CT molecular complexity index is 1120. The van der Waals surface area contributed by atoms with Crippen molar-refractivity contribution in [2.24, 2.45) is 0 Å². The molecule has 174 valence electrons. The van der Waals surface area contributed by atoms with E-state index in [1.165, 1.54) is 30.7 Å². The highest BCUT2D eigenvalue weighted by atomic mass is 79.9. The fourth-order valence-electron chi connectivity index (χ4n) is 3.73. The first-order valence-electron chi connectivity index (χ1n) is 10.5. The highest BCUT2D eigenvalue weighted by Gasteiger charge is 2.31. The summed E-state index contributed by atoms with van der Waals surface area (Å²) in [5, 5.41) is 6.26. The predicted molar refractivity (Wildman–Crippen MR) is 122 cm³/mol. The lowest BCUT2D eigenvalue weighted by molar-refractivity contribution is -0.274. The lowest BCUT2D eigenvalue weighted by atomic mass is 9.96. The molecule has 0 atom stereocenters. The van der Waals surface area contributed by atoms with E-state index in [4.69, 9.17) is 0 Å². The molecule has 0 bridgehead atoms. The molecule has 1 fully saturated rings. The van der Waals surface area contributed by atoms with Gasteiger partial charge in [0.1, 0.15) is 17.4 Å². The largest absolute Gasteiger partial charge is 0.573 e. The van der Waals surface area contributed by atoms with Crippen LogP contribution in [0.5, 0.6) is 5.75 Å². The van der Waals surface area contributed by atoms with E-state index in [-0.39, 0.29) is 17.5 Å². The van der Waals surface area contributed by atoms with Crippen LogP contribution in [0.25, 0.3) is 11.3 Å². The molecule has 1 heterocycles. The third-order valence-corrected chi connectivity index (χ3v) is 5.72. The van der Waals surface area contributed by atoms with Crippen molar-refractivity contribution >= 4 is 33.4 Å². The molecule has 3 aromatic rings. The fourth-order valence-corrected chi connectivity index (χ4v) is 4.07. The monoisotopic (exact) mass is 524 g/mol. The average molecular weight is 525 g/mol. The molecule has 1 aliphatic rings. The van der Waals surface area contributed by atoms with Gasteiger partial charge >= 0.3 is 6.36 Å². The van der Waals surface area contributed by atoms with E-state index in [0.717, 1.165) is 25.7 Å². The third kappa shape index (κ3) is 6.56. The molecule has 0 spiro atoms. The molecule has 1 aliphatic carbocycles. The van der Waals surface area contributed by atoms with Gasteiger partial charge in [-0.3, -0.25) is 0 Å². The Hall–Kier alpha value is -2.88. The van der Waals surface area contributed by atoms with E-state index in [1.807, 2.05) is 0 Å². The van der Waals surface area contributed by atoms with Crippen molar-refractivity contribution in [2.75, 3.05) is 10.6 Å². The van der Waals surface area contributed by atoms with Gasteiger partial charge in [0.05, 0.1) is 11.4 Å². The number of rotatable bonds is 6. The zero-order valence-corrected chi connectivity index (χ0v) is 19.0. The molecular formula is C23H21BrF4N4O. The van der Waals surface area contributed by atoms with Gasteiger partial charge in [-0.05, 0) is 43.2 Å². The SMILES string of the molecule is Fc1cc(Br)ccc1Nc1cc(-c2cccc(OC(F)(F)F)c2)nc(NC2CCCCC2)n1. The van der Waals surface area contributed by atoms with E-state index in [9.17, 15) is 17.6 Å². The molecule has 2 aromatic carbocycles. The van der Waals surface area contributed by atoms with Gasteiger partial charge in [0, 0.05) is 22.1 Å². The first-order chi connectivity index (χ1) is 15.7. The van der Waals surface area contributed by atoms with Crippen molar-refractivity contribution in [3.63, 3.8) is 0 Å². The Morgan fingerprint density at radius 2 is 1.76 bits per heavy atom. The van der Waals surface area contributed by atoms with Gasteiger partial charge in [0.15, 0.2) is 0 Å². The number of alkyl halides is 3. The smallest absolute Gasteiger partial charge is 0.406 e. The van der Waals surface area contributed by atoms with Crippen molar-refractivity contribution in [1.82, 2.24) is 9.97 Å². The van der Waals surface area contributed by atoms with E-state index >= 15 is 0 Å². The van der Waals surface area contributed by atoms with Crippen LogP contribution in [0.4, 0.5) is 35.0 Å². The molecule has 4 rings (SSSR count). The molecule has 5 nitrogen and oxygen atoms in total.